The van der Waals surface area contributed by atoms with Gasteiger partial charge in [-0.3, -0.25) is 14.9 Å². The Morgan fingerprint density at radius 2 is 2.21 bits per heavy atom. The molecule has 2 rings (SSSR count). The van der Waals surface area contributed by atoms with Crippen LogP contribution in [0.25, 0.3) is 0 Å². The van der Waals surface area contributed by atoms with E-state index in [4.69, 9.17) is 5.14 Å². The van der Waals surface area contributed by atoms with Crippen molar-refractivity contribution in [3.8, 4) is 0 Å². The lowest BCUT2D eigenvalue weighted by molar-refractivity contribution is -0.387. The molecule has 24 heavy (non-hydrogen) atoms. The summed E-state index contributed by atoms with van der Waals surface area (Å²) in [5, 5.41) is 19.3. The Morgan fingerprint density at radius 1 is 1.50 bits per heavy atom. The Balaban J connectivity index is 2.15. The van der Waals surface area contributed by atoms with Crippen molar-refractivity contribution in [2.75, 3.05) is 11.1 Å². The zero-order valence-electron chi connectivity index (χ0n) is 12.6. The van der Waals surface area contributed by atoms with Gasteiger partial charge in [0.05, 0.1) is 16.8 Å². The third-order valence-electron chi connectivity index (χ3n) is 3.15. The summed E-state index contributed by atoms with van der Waals surface area (Å²) in [7, 11) is -4.20. The van der Waals surface area contributed by atoms with Gasteiger partial charge >= 0.3 is 0 Å². The molecular weight excluding hydrogens is 376 g/mol. The molecule has 4 N–H and O–H groups in total. The van der Waals surface area contributed by atoms with Crippen LogP contribution in [0, 0.1) is 10.1 Å². The number of benzene rings is 1. The fourth-order valence-electron chi connectivity index (χ4n) is 2.10. The largest absolute Gasteiger partial charge is 0.368 e. The quantitative estimate of drug-likeness (QED) is 0.285. The van der Waals surface area contributed by atoms with E-state index in [-0.39, 0.29) is 11.3 Å². The third-order valence-corrected chi connectivity index (χ3v) is 5.95. The Labute approximate surface area is 147 Å². The van der Waals surface area contributed by atoms with Gasteiger partial charge in [-0.15, -0.1) is 0 Å². The van der Waals surface area contributed by atoms with Crippen molar-refractivity contribution in [2.24, 2.45) is 5.14 Å². The fourth-order valence-corrected chi connectivity index (χ4v) is 4.33. The summed E-state index contributed by atoms with van der Waals surface area (Å²) in [6.07, 6.45) is 1.34. The Hall–Kier alpha value is -1.34. The first-order valence-corrected chi connectivity index (χ1v) is 10.2. The van der Waals surface area contributed by atoms with E-state index in [1.165, 1.54) is 42.8 Å². The smallest absolute Gasteiger partial charge is 0.291 e. The molecule has 1 heterocycles. The number of carbonyl (C=O) groups is 1. The molecular formula is C12H16N4O5S3. The second-order valence-corrected chi connectivity index (χ2v) is 8.70. The summed E-state index contributed by atoms with van der Waals surface area (Å²) >= 11 is 2.43. The lowest BCUT2D eigenvalue weighted by Crippen LogP contribution is -2.35. The molecule has 1 aliphatic rings. The van der Waals surface area contributed by atoms with Crippen LogP contribution in [0.5, 0.6) is 0 Å². The highest BCUT2D eigenvalue weighted by Crippen LogP contribution is 2.37. The molecule has 0 aliphatic carbocycles. The number of nitrogens with two attached hydrogens (primary N) is 1. The maximum absolute atomic E-state index is 11.5. The van der Waals surface area contributed by atoms with Gasteiger partial charge in [0.25, 0.3) is 5.69 Å². The van der Waals surface area contributed by atoms with Crippen molar-refractivity contribution in [3.63, 3.8) is 0 Å². The molecule has 12 heteroatoms. The molecule has 1 aromatic rings. The van der Waals surface area contributed by atoms with Crippen molar-refractivity contribution in [1.82, 2.24) is 4.72 Å². The second kappa shape index (κ2) is 7.70. The molecule has 0 spiro atoms. The molecule has 1 atom stereocenters. The first-order valence-electron chi connectivity index (χ1n) is 6.86. The zero-order valence-corrected chi connectivity index (χ0v) is 15.1. The summed E-state index contributed by atoms with van der Waals surface area (Å²) in [4.78, 5) is 21.2. The summed E-state index contributed by atoms with van der Waals surface area (Å²) in [6.45, 7) is 1.51. The molecule has 132 valence electrons. The van der Waals surface area contributed by atoms with Crippen molar-refractivity contribution < 1.29 is 18.1 Å². The molecule has 0 fully saturated rings. The molecule has 0 radical (unpaired) electrons. The van der Waals surface area contributed by atoms with E-state index in [0.717, 1.165) is 6.42 Å². The van der Waals surface area contributed by atoms with Gasteiger partial charge in [0.15, 0.2) is 10.0 Å². The lowest BCUT2D eigenvalue weighted by Gasteiger charge is -2.27. The number of nitrogens with zero attached hydrogens (tertiary/aromatic N) is 1. The van der Waals surface area contributed by atoms with E-state index in [1.807, 2.05) is 0 Å². The first-order chi connectivity index (χ1) is 11.2. The Kier molecular flexibility index (Phi) is 6.09. The molecule has 1 aliphatic heterocycles. The molecule has 0 saturated heterocycles. The molecule has 0 saturated carbocycles. The maximum Gasteiger partial charge on any atom is 0.291 e. The van der Waals surface area contributed by atoms with Crippen LogP contribution in [0.2, 0.25) is 0 Å². The van der Waals surface area contributed by atoms with Gasteiger partial charge in [-0.1, -0.05) is 11.8 Å². The van der Waals surface area contributed by atoms with E-state index in [9.17, 15) is 23.3 Å². The standard InChI is InChI=1S/C12H16N4O5S3/c1-7(17)22-4-2-3-12-14-8-5-9(16(18)19)11(24(13,20)21)6-10(8)23-15-12/h5-6,12,14-15H,2-4H2,1H3,(H2,13,20,21). The van der Waals surface area contributed by atoms with E-state index in [1.54, 1.807) is 0 Å². The number of nitrogens with one attached hydrogen (secondary N) is 2. The monoisotopic (exact) mass is 392 g/mol. The molecule has 9 nitrogen and oxygen atoms in total. The topological polar surface area (TPSA) is 144 Å². The van der Waals surface area contributed by atoms with Crippen molar-refractivity contribution in [1.29, 1.82) is 0 Å². The van der Waals surface area contributed by atoms with Crippen molar-refractivity contribution in [3.05, 3.63) is 22.2 Å². The minimum absolute atomic E-state index is 0.0606. The number of rotatable bonds is 6. The molecule has 1 aromatic carbocycles. The SMILES string of the molecule is CC(=O)SCCCC1NSc2cc(S(N)(=O)=O)c([N+](=O)[O-])cc2N1. The van der Waals surface area contributed by atoms with Gasteiger partial charge in [-0.2, -0.15) is 0 Å². The highest BCUT2D eigenvalue weighted by atomic mass is 32.2. The minimum atomic E-state index is -4.20. The van der Waals surface area contributed by atoms with Gasteiger partial charge in [0, 0.05) is 23.6 Å². The number of carbonyl (C=O) groups excluding carboxylic acids is 1. The Morgan fingerprint density at radius 3 is 2.79 bits per heavy atom. The predicted octanol–water partition coefficient (Wildman–Crippen LogP) is 1.65. The van der Waals surface area contributed by atoms with Crippen LogP contribution in [-0.2, 0) is 14.8 Å². The van der Waals surface area contributed by atoms with E-state index < -0.39 is 25.5 Å². The summed E-state index contributed by atoms with van der Waals surface area (Å²) in [6, 6.07) is 2.37. The van der Waals surface area contributed by atoms with Crippen LogP contribution < -0.4 is 15.2 Å². The number of fused-ring (bicyclic) bond motifs is 1. The number of sulfonamides is 1. The van der Waals surface area contributed by atoms with Crippen LogP contribution in [0.4, 0.5) is 11.4 Å². The molecule has 0 amide bonds. The number of hydrogen-bond acceptors (Lipinski definition) is 9. The summed E-state index contributed by atoms with van der Waals surface area (Å²) in [5.74, 6) is 0.692. The Bertz CT molecular complexity index is 768. The first kappa shape index (κ1) is 19.0. The summed E-state index contributed by atoms with van der Waals surface area (Å²) in [5.41, 5.74) is -0.0841. The predicted molar refractivity (Wildman–Crippen MR) is 93.2 cm³/mol. The molecule has 0 aromatic heterocycles. The van der Waals surface area contributed by atoms with Gasteiger partial charge in [-0.25, -0.2) is 18.3 Å². The average molecular weight is 392 g/mol. The second-order valence-electron chi connectivity index (χ2n) is 5.02. The van der Waals surface area contributed by atoms with Crippen LogP contribution >= 0.6 is 23.7 Å². The van der Waals surface area contributed by atoms with E-state index in [2.05, 4.69) is 10.0 Å². The van der Waals surface area contributed by atoms with Crippen molar-refractivity contribution in [2.45, 2.75) is 35.7 Å². The molecule has 1 unspecified atom stereocenters. The highest BCUT2D eigenvalue weighted by molar-refractivity contribution is 8.13. The van der Waals surface area contributed by atoms with Gasteiger partial charge in [0.1, 0.15) is 0 Å². The number of nitro benzene ring substituents is 1. The molecule has 0 bridgehead atoms. The van der Waals surface area contributed by atoms with Gasteiger partial charge < -0.3 is 5.32 Å². The highest BCUT2D eigenvalue weighted by Gasteiger charge is 2.28. The summed E-state index contributed by atoms with van der Waals surface area (Å²) < 4.78 is 26.2. The third kappa shape index (κ3) is 4.83. The average Bonchev–Trinajstić information content (AvgIpc) is 2.49. The van der Waals surface area contributed by atoms with E-state index >= 15 is 0 Å². The van der Waals surface area contributed by atoms with Gasteiger partial charge in [0.2, 0.25) is 10.0 Å². The maximum atomic E-state index is 11.5. The lowest BCUT2D eigenvalue weighted by atomic mass is 10.2. The zero-order chi connectivity index (χ0) is 17.9. The van der Waals surface area contributed by atoms with Gasteiger partial charge in [-0.05, 0) is 30.9 Å². The fraction of sp³-hybridized carbons (Fsp3) is 0.417. The van der Waals surface area contributed by atoms with Crippen molar-refractivity contribution >= 4 is 50.2 Å². The van der Waals surface area contributed by atoms with Crippen LogP contribution in [0.15, 0.2) is 21.9 Å². The minimum Gasteiger partial charge on any atom is -0.368 e. The van der Waals surface area contributed by atoms with Crippen LogP contribution in [0.1, 0.15) is 19.8 Å². The number of thioether (sulfide) groups is 1. The normalized spacial score (nSPS) is 17.0. The van der Waals surface area contributed by atoms with E-state index in [0.29, 0.717) is 22.8 Å². The van der Waals surface area contributed by atoms with Crippen LogP contribution in [-0.4, -0.2) is 30.4 Å². The number of primary sulfonamides is 1. The number of anilines is 1. The number of nitro groups is 1. The number of hydrogen-bond donors (Lipinski definition) is 3. The van der Waals surface area contributed by atoms with Crippen LogP contribution in [0.3, 0.4) is 0 Å².